The highest BCUT2D eigenvalue weighted by atomic mass is 32.1. The summed E-state index contributed by atoms with van der Waals surface area (Å²) in [5.41, 5.74) is 0.917. The molecule has 0 bridgehead atoms. The van der Waals surface area contributed by atoms with Gasteiger partial charge in [0.25, 0.3) is 0 Å². The van der Waals surface area contributed by atoms with Crippen LogP contribution in [0.4, 0.5) is 0 Å². The Morgan fingerprint density at radius 2 is 1.88 bits per heavy atom. The van der Waals surface area contributed by atoms with Gasteiger partial charge in [-0.15, -0.1) is 0 Å². The first-order valence-electron chi connectivity index (χ1n) is 11.8. The molecule has 2 aromatic rings. The van der Waals surface area contributed by atoms with Gasteiger partial charge in [-0.25, -0.2) is 0 Å². The largest absolute Gasteiger partial charge is 0.462 e. The van der Waals surface area contributed by atoms with Crippen LogP contribution in [0, 0.1) is 0 Å². The van der Waals surface area contributed by atoms with Gasteiger partial charge in [-0.1, -0.05) is 48.9 Å². The smallest absolute Gasteiger partial charge is 0.308 e. The molecular formula is C26H29N3O4S. The van der Waals surface area contributed by atoms with E-state index in [1.165, 1.54) is 6.08 Å². The molecule has 1 heterocycles. The molecule has 1 aliphatic carbocycles. The molecule has 4 rings (SSSR count). The van der Waals surface area contributed by atoms with Crippen LogP contribution >= 0.6 is 12.2 Å². The van der Waals surface area contributed by atoms with Crippen LogP contribution in [0.3, 0.4) is 0 Å². The van der Waals surface area contributed by atoms with Crippen LogP contribution in [0.1, 0.15) is 44.1 Å². The highest BCUT2D eigenvalue weighted by Gasteiger charge is 2.34. The molecule has 2 N–H and O–H groups in total. The van der Waals surface area contributed by atoms with E-state index in [9.17, 15) is 14.4 Å². The quantitative estimate of drug-likeness (QED) is 0.389. The Morgan fingerprint density at radius 1 is 1.12 bits per heavy atom. The zero-order valence-electron chi connectivity index (χ0n) is 19.0. The molecule has 8 heteroatoms. The van der Waals surface area contributed by atoms with E-state index in [-0.39, 0.29) is 23.5 Å². The zero-order valence-corrected chi connectivity index (χ0v) is 19.8. The van der Waals surface area contributed by atoms with Crippen molar-refractivity contribution in [2.24, 2.45) is 0 Å². The van der Waals surface area contributed by atoms with Gasteiger partial charge in [0.05, 0.1) is 6.42 Å². The minimum atomic E-state index is -0.806. The number of rotatable bonds is 5. The van der Waals surface area contributed by atoms with E-state index in [1.807, 2.05) is 42.5 Å². The SMILES string of the molecule is O=C(C=Cc1cccc2ccccc12)NC(=S)N1CCNC(=O)C1CC(=O)OC1CCCCC1. The van der Waals surface area contributed by atoms with Crippen molar-refractivity contribution in [1.29, 1.82) is 0 Å². The Balaban J connectivity index is 1.37. The molecule has 34 heavy (non-hydrogen) atoms. The van der Waals surface area contributed by atoms with Gasteiger partial charge in [-0.3, -0.25) is 19.7 Å². The van der Waals surface area contributed by atoms with E-state index in [2.05, 4.69) is 10.6 Å². The number of amides is 2. The topological polar surface area (TPSA) is 87.7 Å². The summed E-state index contributed by atoms with van der Waals surface area (Å²) in [4.78, 5) is 39.2. The van der Waals surface area contributed by atoms with Gasteiger partial charge in [0.2, 0.25) is 11.8 Å². The summed E-state index contributed by atoms with van der Waals surface area (Å²) in [5.74, 6) is -1.11. The molecule has 2 aromatic carbocycles. The molecule has 1 atom stereocenters. The Hall–Kier alpha value is -3.26. The van der Waals surface area contributed by atoms with Crippen LogP contribution in [0.2, 0.25) is 0 Å². The summed E-state index contributed by atoms with van der Waals surface area (Å²) in [6.45, 7) is 0.786. The molecule has 0 radical (unpaired) electrons. The van der Waals surface area contributed by atoms with E-state index in [1.54, 1.807) is 11.0 Å². The lowest BCUT2D eigenvalue weighted by Crippen LogP contribution is -2.60. The van der Waals surface area contributed by atoms with Gasteiger partial charge in [0, 0.05) is 19.2 Å². The first-order chi connectivity index (χ1) is 16.5. The summed E-state index contributed by atoms with van der Waals surface area (Å²) in [5, 5.41) is 7.69. The maximum atomic E-state index is 12.6. The monoisotopic (exact) mass is 479 g/mol. The van der Waals surface area contributed by atoms with Crippen molar-refractivity contribution in [1.82, 2.24) is 15.5 Å². The van der Waals surface area contributed by atoms with Crippen molar-refractivity contribution in [2.45, 2.75) is 50.7 Å². The van der Waals surface area contributed by atoms with Crippen LogP contribution in [0.15, 0.2) is 48.5 Å². The number of ether oxygens (including phenoxy) is 1. The lowest BCUT2D eigenvalue weighted by atomic mass is 9.98. The molecule has 1 aliphatic heterocycles. The van der Waals surface area contributed by atoms with E-state index in [4.69, 9.17) is 17.0 Å². The molecule has 1 saturated carbocycles. The number of hydrogen-bond donors (Lipinski definition) is 2. The van der Waals surface area contributed by atoms with Crippen molar-refractivity contribution in [3.63, 3.8) is 0 Å². The second-order valence-electron chi connectivity index (χ2n) is 8.65. The summed E-state index contributed by atoms with van der Waals surface area (Å²) < 4.78 is 5.59. The second-order valence-corrected chi connectivity index (χ2v) is 9.04. The molecule has 1 saturated heterocycles. The first-order valence-corrected chi connectivity index (χ1v) is 12.2. The van der Waals surface area contributed by atoms with E-state index in [0.29, 0.717) is 13.1 Å². The van der Waals surface area contributed by atoms with Crippen molar-refractivity contribution >= 4 is 52.0 Å². The van der Waals surface area contributed by atoms with Crippen molar-refractivity contribution in [3.8, 4) is 0 Å². The maximum absolute atomic E-state index is 12.6. The summed E-state index contributed by atoms with van der Waals surface area (Å²) in [7, 11) is 0. The average molecular weight is 480 g/mol. The number of benzene rings is 2. The standard InChI is InChI=1S/C26H29N3O4S/c30-23(14-13-19-9-6-8-18-7-4-5-12-21(18)19)28-26(34)29-16-15-27-25(32)22(29)17-24(31)33-20-10-2-1-3-11-20/h4-9,12-14,20,22H,1-3,10-11,15-17H2,(H,27,32)(H,28,30,34). The number of nitrogens with zero attached hydrogens (tertiary/aromatic N) is 1. The van der Waals surface area contributed by atoms with Crippen molar-refractivity contribution in [2.75, 3.05) is 13.1 Å². The van der Waals surface area contributed by atoms with Crippen LogP contribution in [-0.2, 0) is 19.1 Å². The van der Waals surface area contributed by atoms with Crippen LogP contribution < -0.4 is 10.6 Å². The number of hydrogen-bond acceptors (Lipinski definition) is 5. The summed E-state index contributed by atoms with van der Waals surface area (Å²) in [6.07, 6.45) is 7.97. The Labute approximate surface area is 204 Å². The fourth-order valence-electron chi connectivity index (χ4n) is 4.52. The van der Waals surface area contributed by atoms with Crippen molar-refractivity contribution < 1.29 is 19.1 Å². The van der Waals surface area contributed by atoms with Gasteiger partial charge in [-0.05, 0) is 60.3 Å². The number of fused-ring (bicyclic) bond motifs is 1. The minimum Gasteiger partial charge on any atom is -0.462 e. The third-order valence-electron chi connectivity index (χ3n) is 6.27. The molecular weight excluding hydrogens is 450 g/mol. The molecule has 0 aromatic heterocycles. The number of carbonyl (C=O) groups is 3. The summed E-state index contributed by atoms with van der Waals surface area (Å²) >= 11 is 5.43. The maximum Gasteiger partial charge on any atom is 0.308 e. The number of carbonyl (C=O) groups excluding carboxylic acids is 3. The highest BCUT2D eigenvalue weighted by molar-refractivity contribution is 7.80. The van der Waals surface area contributed by atoms with Crippen LogP contribution in [-0.4, -0.2) is 53.0 Å². The first kappa shape index (κ1) is 23.9. The van der Waals surface area contributed by atoms with Gasteiger partial charge in [0.1, 0.15) is 12.1 Å². The summed E-state index contributed by atoms with van der Waals surface area (Å²) in [6, 6.07) is 13.0. The normalized spacial score (nSPS) is 19.1. The van der Waals surface area contributed by atoms with Crippen LogP contribution in [0.5, 0.6) is 0 Å². The number of esters is 1. The zero-order chi connectivity index (χ0) is 23.9. The highest BCUT2D eigenvalue weighted by Crippen LogP contribution is 2.22. The molecule has 1 unspecified atom stereocenters. The third kappa shape index (κ3) is 5.99. The minimum absolute atomic E-state index is 0.0767. The third-order valence-corrected chi connectivity index (χ3v) is 6.61. The average Bonchev–Trinajstić information content (AvgIpc) is 2.84. The van der Waals surface area contributed by atoms with E-state index in [0.717, 1.165) is 48.4 Å². The Morgan fingerprint density at radius 3 is 2.71 bits per heavy atom. The van der Waals surface area contributed by atoms with Crippen LogP contribution in [0.25, 0.3) is 16.8 Å². The Kier molecular flexibility index (Phi) is 7.90. The lowest BCUT2D eigenvalue weighted by Gasteiger charge is -2.36. The lowest BCUT2D eigenvalue weighted by molar-refractivity contribution is -0.153. The van der Waals surface area contributed by atoms with E-state index < -0.39 is 17.9 Å². The van der Waals surface area contributed by atoms with E-state index >= 15 is 0 Å². The molecule has 2 aliphatic rings. The number of thiocarbonyl (C=S) groups is 1. The van der Waals surface area contributed by atoms with Gasteiger partial charge in [0.15, 0.2) is 5.11 Å². The number of piperazine rings is 1. The molecule has 178 valence electrons. The molecule has 0 spiro atoms. The van der Waals surface area contributed by atoms with Crippen molar-refractivity contribution in [3.05, 3.63) is 54.1 Å². The van der Waals surface area contributed by atoms with Gasteiger partial charge >= 0.3 is 5.97 Å². The molecule has 2 amide bonds. The number of nitrogens with one attached hydrogen (secondary N) is 2. The fraction of sp³-hybridized carbons (Fsp3) is 0.385. The fourth-order valence-corrected chi connectivity index (χ4v) is 4.83. The molecule has 2 fully saturated rings. The van der Waals surface area contributed by atoms with Gasteiger partial charge < -0.3 is 15.0 Å². The predicted molar refractivity (Wildman–Crippen MR) is 135 cm³/mol. The predicted octanol–water partition coefficient (Wildman–Crippen LogP) is 3.32. The molecule has 7 nitrogen and oxygen atoms in total. The van der Waals surface area contributed by atoms with Gasteiger partial charge in [-0.2, -0.15) is 0 Å². The second kappa shape index (κ2) is 11.2. The Bertz CT molecular complexity index is 1100.